The first-order chi connectivity index (χ1) is 8.56. The summed E-state index contributed by atoms with van der Waals surface area (Å²) in [5.41, 5.74) is 8.52. The predicted molar refractivity (Wildman–Crippen MR) is 76.1 cm³/mol. The molecular formula is C16H25NO. The van der Waals surface area contributed by atoms with Gasteiger partial charge in [-0.3, -0.25) is 0 Å². The van der Waals surface area contributed by atoms with Crippen LogP contribution in [0.3, 0.4) is 0 Å². The molecule has 2 nitrogen and oxygen atoms in total. The molecule has 0 spiro atoms. The van der Waals surface area contributed by atoms with Gasteiger partial charge in [-0.15, -0.1) is 0 Å². The second-order valence-corrected chi connectivity index (χ2v) is 5.85. The van der Waals surface area contributed by atoms with E-state index in [9.17, 15) is 0 Å². The van der Waals surface area contributed by atoms with Gasteiger partial charge in [0.15, 0.2) is 0 Å². The van der Waals surface area contributed by atoms with Crippen LogP contribution in [0.25, 0.3) is 0 Å². The van der Waals surface area contributed by atoms with Gasteiger partial charge in [-0.05, 0) is 55.7 Å². The summed E-state index contributed by atoms with van der Waals surface area (Å²) in [5, 5.41) is 0. The van der Waals surface area contributed by atoms with Crippen molar-refractivity contribution in [2.24, 2.45) is 5.73 Å². The van der Waals surface area contributed by atoms with E-state index in [-0.39, 0.29) is 0 Å². The molecule has 1 aliphatic rings. The van der Waals surface area contributed by atoms with Gasteiger partial charge in [0, 0.05) is 6.04 Å². The zero-order valence-electron chi connectivity index (χ0n) is 11.8. The first kappa shape index (κ1) is 13.4. The van der Waals surface area contributed by atoms with Crippen molar-refractivity contribution in [2.75, 3.05) is 0 Å². The summed E-state index contributed by atoms with van der Waals surface area (Å²) in [4.78, 5) is 0. The van der Waals surface area contributed by atoms with E-state index >= 15 is 0 Å². The summed E-state index contributed by atoms with van der Waals surface area (Å²) >= 11 is 0. The maximum absolute atomic E-state index is 6.22. The molecule has 1 saturated carbocycles. The third kappa shape index (κ3) is 3.26. The molecule has 18 heavy (non-hydrogen) atoms. The molecule has 0 atom stereocenters. The largest absolute Gasteiger partial charge is 0.490 e. The molecule has 1 aromatic rings. The van der Waals surface area contributed by atoms with Crippen LogP contribution < -0.4 is 10.5 Å². The van der Waals surface area contributed by atoms with Crippen LogP contribution in [0.1, 0.15) is 56.6 Å². The molecule has 0 unspecified atom stereocenters. The van der Waals surface area contributed by atoms with Crippen LogP contribution in [0.4, 0.5) is 0 Å². The fraction of sp³-hybridized carbons (Fsp3) is 0.625. The molecule has 0 amide bonds. The number of hydrogen-bond donors (Lipinski definition) is 1. The van der Waals surface area contributed by atoms with Crippen LogP contribution >= 0.6 is 0 Å². The molecule has 100 valence electrons. The average Bonchev–Trinajstić information content (AvgIpc) is 2.32. The molecule has 0 saturated heterocycles. The highest BCUT2D eigenvalue weighted by Gasteiger charge is 2.21. The minimum atomic E-state index is 0.351. The molecule has 1 aromatic carbocycles. The lowest BCUT2D eigenvalue weighted by Gasteiger charge is -2.28. The summed E-state index contributed by atoms with van der Waals surface area (Å²) in [6.45, 7) is 6.55. The van der Waals surface area contributed by atoms with E-state index in [1.807, 2.05) is 0 Å². The van der Waals surface area contributed by atoms with Crippen LogP contribution in [0, 0.1) is 6.92 Å². The highest BCUT2D eigenvalue weighted by atomic mass is 16.5. The van der Waals surface area contributed by atoms with Crippen molar-refractivity contribution in [3.8, 4) is 5.75 Å². The van der Waals surface area contributed by atoms with Gasteiger partial charge in [0.2, 0.25) is 0 Å². The number of hydrogen-bond acceptors (Lipinski definition) is 2. The number of nitrogens with two attached hydrogens (primary N) is 1. The minimum Gasteiger partial charge on any atom is -0.490 e. The maximum atomic E-state index is 6.22. The Morgan fingerprint density at radius 2 is 1.83 bits per heavy atom. The van der Waals surface area contributed by atoms with Crippen molar-refractivity contribution >= 4 is 0 Å². The standard InChI is InChI=1S/C16H25NO/c1-11(2)15-9-4-12(3)10-16(15)18-14-7-5-13(17)6-8-14/h4,9-11,13-14H,5-8,17H2,1-3H3. The normalized spacial score (nSPS) is 24.3. The Hall–Kier alpha value is -1.02. The average molecular weight is 247 g/mol. The molecule has 2 N–H and O–H groups in total. The Morgan fingerprint density at radius 3 is 2.44 bits per heavy atom. The summed E-state index contributed by atoms with van der Waals surface area (Å²) in [6.07, 6.45) is 4.71. The Balaban J connectivity index is 2.10. The summed E-state index contributed by atoms with van der Waals surface area (Å²) in [6, 6.07) is 6.92. The fourth-order valence-electron chi connectivity index (χ4n) is 2.61. The van der Waals surface area contributed by atoms with Crippen LogP contribution in [0.15, 0.2) is 18.2 Å². The highest BCUT2D eigenvalue weighted by Crippen LogP contribution is 2.30. The Bertz CT molecular complexity index is 392. The van der Waals surface area contributed by atoms with E-state index in [0.717, 1.165) is 31.4 Å². The van der Waals surface area contributed by atoms with Crippen LogP contribution in [-0.4, -0.2) is 12.1 Å². The predicted octanol–water partition coefficient (Wildman–Crippen LogP) is 3.77. The van der Waals surface area contributed by atoms with E-state index < -0.39 is 0 Å². The number of rotatable bonds is 3. The van der Waals surface area contributed by atoms with Crippen molar-refractivity contribution in [3.63, 3.8) is 0 Å². The van der Waals surface area contributed by atoms with Crippen molar-refractivity contribution < 1.29 is 4.74 Å². The summed E-state index contributed by atoms with van der Waals surface area (Å²) < 4.78 is 6.22. The van der Waals surface area contributed by atoms with Gasteiger partial charge in [0.1, 0.15) is 5.75 Å². The SMILES string of the molecule is Cc1ccc(C(C)C)c(OC2CCC(N)CC2)c1. The Kier molecular flexibility index (Phi) is 4.28. The third-order valence-electron chi connectivity index (χ3n) is 3.80. The molecule has 2 heteroatoms. The number of ether oxygens (including phenoxy) is 1. The lowest BCUT2D eigenvalue weighted by atomic mass is 9.93. The molecule has 0 radical (unpaired) electrons. The zero-order valence-corrected chi connectivity index (χ0v) is 11.8. The molecule has 1 aliphatic carbocycles. The number of aryl methyl sites for hydroxylation is 1. The fourth-order valence-corrected chi connectivity index (χ4v) is 2.61. The first-order valence-electron chi connectivity index (χ1n) is 7.09. The highest BCUT2D eigenvalue weighted by molar-refractivity contribution is 5.39. The quantitative estimate of drug-likeness (QED) is 0.882. The lowest BCUT2D eigenvalue weighted by Crippen LogP contribution is -2.31. The van der Waals surface area contributed by atoms with Gasteiger partial charge in [-0.25, -0.2) is 0 Å². The smallest absolute Gasteiger partial charge is 0.123 e. The molecular weight excluding hydrogens is 222 g/mol. The van der Waals surface area contributed by atoms with E-state index in [4.69, 9.17) is 10.5 Å². The minimum absolute atomic E-state index is 0.351. The third-order valence-corrected chi connectivity index (χ3v) is 3.80. The molecule has 0 aromatic heterocycles. The van der Waals surface area contributed by atoms with E-state index in [1.54, 1.807) is 0 Å². The van der Waals surface area contributed by atoms with Crippen molar-refractivity contribution in [1.82, 2.24) is 0 Å². The van der Waals surface area contributed by atoms with E-state index in [0.29, 0.717) is 18.1 Å². The van der Waals surface area contributed by atoms with E-state index in [1.165, 1.54) is 11.1 Å². The monoisotopic (exact) mass is 247 g/mol. The van der Waals surface area contributed by atoms with E-state index in [2.05, 4.69) is 39.0 Å². The summed E-state index contributed by atoms with van der Waals surface area (Å²) in [7, 11) is 0. The molecule has 0 aliphatic heterocycles. The van der Waals surface area contributed by atoms with Gasteiger partial charge in [0.05, 0.1) is 6.10 Å². The molecule has 0 heterocycles. The van der Waals surface area contributed by atoms with Gasteiger partial charge >= 0.3 is 0 Å². The van der Waals surface area contributed by atoms with Crippen LogP contribution in [-0.2, 0) is 0 Å². The van der Waals surface area contributed by atoms with Crippen LogP contribution in [0.2, 0.25) is 0 Å². The molecule has 1 fully saturated rings. The van der Waals surface area contributed by atoms with Crippen LogP contribution in [0.5, 0.6) is 5.75 Å². The lowest BCUT2D eigenvalue weighted by molar-refractivity contribution is 0.145. The Morgan fingerprint density at radius 1 is 1.17 bits per heavy atom. The summed E-state index contributed by atoms with van der Waals surface area (Å²) in [5.74, 6) is 1.58. The second-order valence-electron chi connectivity index (χ2n) is 5.85. The van der Waals surface area contributed by atoms with Gasteiger partial charge < -0.3 is 10.5 Å². The van der Waals surface area contributed by atoms with Gasteiger partial charge in [-0.2, -0.15) is 0 Å². The second kappa shape index (κ2) is 5.75. The molecule has 0 bridgehead atoms. The van der Waals surface area contributed by atoms with Gasteiger partial charge in [-0.1, -0.05) is 26.0 Å². The van der Waals surface area contributed by atoms with Crippen molar-refractivity contribution in [3.05, 3.63) is 29.3 Å². The van der Waals surface area contributed by atoms with Gasteiger partial charge in [0.25, 0.3) is 0 Å². The zero-order chi connectivity index (χ0) is 13.1. The first-order valence-corrected chi connectivity index (χ1v) is 7.09. The Labute approximate surface area is 111 Å². The van der Waals surface area contributed by atoms with Crippen molar-refractivity contribution in [2.45, 2.75) is 64.5 Å². The van der Waals surface area contributed by atoms with Crippen molar-refractivity contribution in [1.29, 1.82) is 0 Å². The number of benzene rings is 1. The molecule has 2 rings (SSSR count). The maximum Gasteiger partial charge on any atom is 0.123 e. The topological polar surface area (TPSA) is 35.2 Å².